The third kappa shape index (κ3) is 5.70. The lowest BCUT2D eigenvalue weighted by atomic mass is 10.2. The van der Waals surface area contributed by atoms with Crippen molar-refractivity contribution >= 4 is 23.2 Å². The zero-order valence-corrected chi connectivity index (χ0v) is 16.3. The Hall–Kier alpha value is -3.58. The predicted octanol–water partition coefficient (Wildman–Crippen LogP) is 3.83. The Kier molecular flexibility index (Phi) is 6.65. The van der Waals surface area contributed by atoms with Gasteiger partial charge < -0.3 is 19.8 Å². The summed E-state index contributed by atoms with van der Waals surface area (Å²) in [5.41, 5.74) is 1.77. The number of anilines is 2. The molecule has 3 aromatic rings. The van der Waals surface area contributed by atoms with E-state index >= 15 is 0 Å². The summed E-state index contributed by atoms with van der Waals surface area (Å²) in [7, 11) is 1.59. The normalized spacial score (nSPS) is 11.5. The highest BCUT2D eigenvalue weighted by Crippen LogP contribution is 2.17. The van der Waals surface area contributed by atoms with Crippen LogP contribution < -0.4 is 20.7 Å². The molecule has 0 bridgehead atoms. The van der Waals surface area contributed by atoms with E-state index in [0.717, 1.165) is 11.5 Å². The number of carbonyl (C=O) groups is 2. The first kappa shape index (κ1) is 20.2. The second-order valence-electron chi connectivity index (χ2n) is 6.43. The molecule has 29 heavy (non-hydrogen) atoms. The summed E-state index contributed by atoms with van der Waals surface area (Å²) in [5.74, 6) is 1.07. The summed E-state index contributed by atoms with van der Waals surface area (Å²) in [6.45, 7) is 2.06. The van der Waals surface area contributed by atoms with Crippen molar-refractivity contribution in [1.82, 2.24) is 5.32 Å². The summed E-state index contributed by atoms with van der Waals surface area (Å²) >= 11 is 0. The van der Waals surface area contributed by atoms with Crippen molar-refractivity contribution in [3.63, 3.8) is 0 Å². The Balaban J connectivity index is 1.49. The fourth-order valence-corrected chi connectivity index (χ4v) is 2.67. The lowest BCUT2D eigenvalue weighted by molar-refractivity contribution is -0.115. The Morgan fingerprint density at radius 1 is 0.966 bits per heavy atom. The minimum Gasteiger partial charge on any atom is -0.497 e. The van der Waals surface area contributed by atoms with Gasteiger partial charge in [-0.15, -0.1) is 0 Å². The van der Waals surface area contributed by atoms with Gasteiger partial charge in [-0.3, -0.25) is 14.9 Å². The number of nitrogens with one attached hydrogen (secondary N) is 3. The number of amides is 2. The molecule has 2 aromatic carbocycles. The van der Waals surface area contributed by atoms with E-state index in [4.69, 9.17) is 9.15 Å². The van der Waals surface area contributed by atoms with Gasteiger partial charge in [0, 0.05) is 16.9 Å². The number of hydrogen-bond donors (Lipinski definition) is 3. The molecule has 0 aliphatic heterocycles. The highest BCUT2D eigenvalue weighted by atomic mass is 16.5. The number of methoxy groups -OCH3 is 1. The number of ether oxygens (including phenoxy) is 1. The predicted molar refractivity (Wildman–Crippen MR) is 111 cm³/mol. The van der Waals surface area contributed by atoms with Crippen molar-refractivity contribution in [2.75, 3.05) is 24.3 Å². The molecule has 3 rings (SSSR count). The molecule has 0 aliphatic rings. The van der Waals surface area contributed by atoms with E-state index in [1.54, 1.807) is 68.0 Å². The van der Waals surface area contributed by atoms with Crippen LogP contribution in [0.1, 0.15) is 29.1 Å². The van der Waals surface area contributed by atoms with Crippen molar-refractivity contribution in [3.05, 3.63) is 78.3 Å². The van der Waals surface area contributed by atoms with E-state index in [2.05, 4.69) is 16.0 Å². The fraction of sp³-hybridized carbons (Fsp3) is 0.182. The van der Waals surface area contributed by atoms with E-state index < -0.39 is 0 Å². The maximum atomic E-state index is 12.3. The maximum absolute atomic E-state index is 12.3. The summed E-state index contributed by atoms with van der Waals surface area (Å²) in [5, 5.41) is 8.70. The third-order valence-electron chi connectivity index (χ3n) is 4.32. The minimum atomic E-state index is -0.234. The molecule has 1 heterocycles. The van der Waals surface area contributed by atoms with Gasteiger partial charge >= 0.3 is 0 Å². The van der Waals surface area contributed by atoms with Gasteiger partial charge in [-0.1, -0.05) is 0 Å². The molecule has 1 aromatic heterocycles. The molecule has 3 N–H and O–H groups in total. The van der Waals surface area contributed by atoms with E-state index in [9.17, 15) is 9.59 Å². The third-order valence-corrected chi connectivity index (χ3v) is 4.32. The second kappa shape index (κ2) is 9.57. The molecule has 0 unspecified atom stereocenters. The molecule has 0 aliphatic carbocycles. The van der Waals surface area contributed by atoms with Crippen LogP contribution in [-0.4, -0.2) is 25.5 Å². The zero-order chi connectivity index (χ0) is 20.6. The van der Waals surface area contributed by atoms with Crippen LogP contribution in [0.4, 0.5) is 11.4 Å². The highest BCUT2D eigenvalue weighted by molar-refractivity contribution is 6.04. The van der Waals surface area contributed by atoms with Gasteiger partial charge in [-0.2, -0.15) is 0 Å². The van der Waals surface area contributed by atoms with Crippen LogP contribution in [0, 0.1) is 0 Å². The summed E-state index contributed by atoms with van der Waals surface area (Å²) in [6.07, 6.45) is 1.60. The van der Waals surface area contributed by atoms with E-state index in [-0.39, 0.29) is 24.4 Å². The highest BCUT2D eigenvalue weighted by Gasteiger charge is 2.11. The zero-order valence-electron chi connectivity index (χ0n) is 16.3. The molecule has 0 saturated heterocycles. The lowest BCUT2D eigenvalue weighted by Gasteiger charge is -2.12. The molecule has 0 spiro atoms. The average molecular weight is 393 g/mol. The Bertz CT molecular complexity index is 935. The monoisotopic (exact) mass is 393 g/mol. The Labute approximate surface area is 169 Å². The molecule has 0 fully saturated rings. The number of benzene rings is 2. The standard InChI is InChI=1S/C22H23N3O4/c1-15(20-4-3-13-29-20)23-14-21(26)24-17-7-5-16(6-8-17)22(27)25-18-9-11-19(28-2)12-10-18/h3-13,15,23H,14H2,1-2H3,(H,24,26)(H,25,27)/t15-/m1/s1. The summed E-state index contributed by atoms with van der Waals surface area (Å²) in [4.78, 5) is 24.4. The van der Waals surface area contributed by atoms with Gasteiger partial charge in [0.2, 0.25) is 5.91 Å². The average Bonchev–Trinajstić information content (AvgIpc) is 3.28. The maximum Gasteiger partial charge on any atom is 0.255 e. The van der Waals surface area contributed by atoms with Crippen molar-refractivity contribution in [2.45, 2.75) is 13.0 Å². The van der Waals surface area contributed by atoms with Crippen LogP contribution in [0.25, 0.3) is 0 Å². The number of hydrogen-bond acceptors (Lipinski definition) is 5. The SMILES string of the molecule is COc1ccc(NC(=O)c2ccc(NC(=O)CN[C@H](C)c3ccco3)cc2)cc1. The van der Waals surface area contributed by atoms with Crippen LogP contribution in [0.3, 0.4) is 0 Å². The second-order valence-corrected chi connectivity index (χ2v) is 6.43. The molecule has 0 saturated carbocycles. The quantitative estimate of drug-likeness (QED) is 0.541. The van der Waals surface area contributed by atoms with Gasteiger partial charge in [0.05, 0.1) is 26.0 Å². The largest absolute Gasteiger partial charge is 0.497 e. The first-order chi connectivity index (χ1) is 14.0. The molecule has 7 nitrogen and oxygen atoms in total. The first-order valence-corrected chi connectivity index (χ1v) is 9.17. The van der Waals surface area contributed by atoms with Gasteiger partial charge in [0.25, 0.3) is 5.91 Å². The molecular formula is C22H23N3O4. The van der Waals surface area contributed by atoms with Gasteiger partial charge in [0.15, 0.2) is 0 Å². The molecule has 150 valence electrons. The van der Waals surface area contributed by atoms with Crippen molar-refractivity contribution in [2.24, 2.45) is 0 Å². The molecule has 7 heteroatoms. The number of rotatable bonds is 8. The molecule has 2 amide bonds. The van der Waals surface area contributed by atoms with Gasteiger partial charge in [0.1, 0.15) is 11.5 Å². The van der Waals surface area contributed by atoms with E-state index in [1.165, 1.54) is 0 Å². The Morgan fingerprint density at radius 3 is 2.24 bits per heavy atom. The van der Waals surface area contributed by atoms with Crippen LogP contribution in [0.15, 0.2) is 71.3 Å². The van der Waals surface area contributed by atoms with Crippen LogP contribution in [-0.2, 0) is 4.79 Å². The smallest absolute Gasteiger partial charge is 0.255 e. The van der Waals surface area contributed by atoms with E-state index in [0.29, 0.717) is 16.9 Å². The first-order valence-electron chi connectivity index (χ1n) is 9.17. The van der Waals surface area contributed by atoms with Gasteiger partial charge in [-0.05, 0) is 67.6 Å². The molecule has 0 radical (unpaired) electrons. The van der Waals surface area contributed by atoms with Gasteiger partial charge in [-0.25, -0.2) is 0 Å². The number of carbonyl (C=O) groups excluding carboxylic acids is 2. The van der Waals surface area contributed by atoms with Crippen LogP contribution in [0.2, 0.25) is 0 Å². The summed E-state index contributed by atoms with van der Waals surface area (Å²) < 4.78 is 10.4. The summed E-state index contributed by atoms with van der Waals surface area (Å²) in [6, 6.07) is 17.4. The van der Waals surface area contributed by atoms with Crippen LogP contribution >= 0.6 is 0 Å². The fourth-order valence-electron chi connectivity index (χ4n) is 2.67. The topological polar surface area (TPSA) is 92.6 Å². The van der Waals surface area contributed by atoms with Crippen LogP contribution in [0.5, 0.6) is 5.75 Å². The Morgan fingerprint density at radius 2 is 1.62 bits per heavy atom. The van der Waals surface area contributed by atoms with Crippen molar-refractivity contribution in [3.8, 4) is 5.75 Å². The molecule has 1 atom stereocenters. The van der Waals surface area contributed by atoms with Crippen molar-refractivity contribution in [1.29, 1.82) is 0 Å². The van der Waals surface area contributed by atoms with Crippen molar-refractivity contribution < 1.29 is 18.7 Å². The number of furan rings is 1. The lowest BCUT2D eigenvalue weighted by Crippen LogP contribution is -2.30. The van der Waals surface area contributed by atoms with E-state index in [1.807, 2.05) is 13.0 Å². The minimum absolute atomic E-state index is 0.0697. The molecular weight excluding hydrogens is 370 g/mol.